The maximum Gasteiger partial charge on any atom is 0.305 e. The lowest BCUT2D eigenvalue weighted by atomic mass is 9.96. The highest BCUT2D eigenvalue weighted by atomic mass is 16.4. The third-order valence-corrected chi connectivity index (χ3v) is 16.4. The number of guanidine groups is 1. The average Bonchev–Trinajstić information content (AvgIpc) is 1.60. The number of nitrogens with zero attached hydrogens (tertiary/aromatic N) is 2. The molecule has 2 heterocycles. The summed E-state index contributed by atoms with van der Waals surface area (Å²) in [5, 5.41) is 44.8. The van der Waals surface area contributed by atoms with Gasteiger partial charge in [-0.05, 0) is 117 Å². The third kappa shape index (κ3) is 23.4. The van der Waals surface area contributed by atoms with E-state index in [0.717, 1.165) is 0 Å². The van der Waals surface area contributed by atoms with Gasteiger partial charge >= 0.3 is 5.97 Å². The van der Waals surface area contributed by atoms with Crippen molar-refractivity contribution >= 4 is 76.7 Å². The van der Waals surface area contributed by atoms with Crippen molar-refractivity contribution in [3.8, 4) is 11.8 Å². The van der Waals surface area contributed by atoms with Crippen molar-refractivity contribution in [2.24, 2.45) is 34.0 Å². The van der Waals surface area contributed by atoms with Crippen molar-refractivity contribution in [1.82, 2.24) is 47.4 Å². The first-order chi connectivity index (χ1) is 46.0. The van der Waals surface area contributed by atoms with Gasteiger partial charge in [-0.3, -0.25) is 57.7 Å². The molecule has 2 aliphatic rings. The number of anilines is 1. The molecule has 0 aromatic heterocycles. The van der Waals surface area contributed by atoms with E-state index >= 15 is 0 Å². The first kappa shape index (κ1) is 74.8. The number of aliphatic carboxylic acids is 1. The molecule has 96 heavy (non-hydrogen) atoms. The molecule has 0 unspecified atom stereocenters. The fourth-order valence-electron chi connectivity index (χ4n) is 11.0. The highest BCUT2D eigenvalue weighted by Gasteiger charge is 2.40. The van der Waals surface area contributed by atoms with Gasteiger partial charge in [0.05, 0.1) is 13.0 Å². The largest absolute Gasteiger partial charge is 0.481 e. The molecule has 27 heteroatoms. The van der Waals surface area contributed by atoms with E-state index in [0.29, 0.717) is 47.9 Å². The number of amides is 10. The zero-order valence-electron chi connectivity index (χ0n) is 54.6. The van der Waals surface area contributed by atoms with Crippen LogP contribution in [0.4, 0.5) is 5.69 Å². The Balaban J connectivity index is 1.41. The topological polar surface area (TPSA) is 430 Å². The monoisotopic (exact) mass is 1320 g/mol. The summed E-state index contributed by atoms with van der Waals surface area (Å²) in [6.45, 7) is 6.54. The van der Waals surface area contributed by atoms with Crippen LogP contribution in [0.3, 0.4) is 0 Å². The Morgan fingerprint density at radius 2 is 1.09 bits per heavy atom. The number of hydrogen-bond donors (Lipinski definition) is 14. The third-order valence-electron chi connectivity index (χ3n) is 16.4. The quantitative estimate of drug-likeness (QED) is 0.0267. The number of fused-ring (bicyclic) bond motifs is 5. The lowest BCUT2D eigenvalue weighted by molar-refractivity contribution is -0.141. The van der Waals surface area contributed by atoms with Crippen LogP contribution in [0.15, 0.2) is 114 Å². The normalized spacial score (nSPS) is 22.7. The molecule has 27 nitrogen and oxygen atoms in total. The number of aliphatic imine (C=N–C) groups is 1. The molecular formula is C69H90N14O13. The molecule has 2 aliphatic heterocycles. The Kier molecular flexibility index (Phi) is 29.3. The molecule has 514 valence electrons. The Labute approximate surface area is 558 Å². The van der Waals surface area contributed by atoms with Gasteiger partial charge in [0.25, 0.3) is 5.91 Å². The Morgan fingerprint density at radius 3 is 1.68 bits per heavy atom. The molecule has 17 N–H and O–H groups in total. The minimum atomic E-state index is -1.83. The summed E-state index contributed by atoms with van der Waals surface area (Å²) in [7, 11) is 0. The highest BCUT2D eigenvalue weighted by Crippen LogP contribution is 2.23. The van der Waals surface area contributed by atoms with Crippen LogP contribution in [0.5, 0.6) is 0 Å². The number of benzene rings is 4. The van der Waals surface area contributed by atoms with Crippen molar-refractivity contribution in [2.45, 2.75) is 159 Å². The fourth-order valence-corrected chi connectivity index (χ4v) is 11.0. The summed E-state index contributed by atoms with van der Waals surface area (Å²) >= 11 is 0. The second-order valence-corrected chi connectivity index (χ2v) is 24.4. The molecular weight excluding hydrogens is 1230 g/mol. The summed E-state index contributed by atoms with van der Waals surface area (Å²) < 4.78 is 0. The van der Waals surface area contributed by atoms with Gasteiger partial charge in [0.15, 0.2) is 5.96 Å². The number of carbonyl (C=O) groups excluding carboxylic acids is 10. The van der Waals surface area contributed by atoms with Gasteiger partial charge in [-0.25, -0.2) is 0 Å². The molecule has 1 fully saturated rings. The van der Waals surface area contributed by atoms with Gasteiger partial charge < -0.3 is 80.2 Å². The van der Waals surface area contributed by atoms with Gasteiger partial charge in [0.1, 0.15) is 54.4 Å². The van der Waals surface area contributed by atoms with E-state index in [1.165, 1.54) is 4.90 Å². The molecule has 4 bridgehead atoms. The maximum atomic E-state index is 14.9. The average molecular weight is 1320 g/mol. The van der Waals surface area contributed by atoms with Gasteiger partial charge in [0.2, 0.25) is 53.2 Å². The number of carboxylic acid groups (broad SMARTS) is 1. The number of carbonyl (C=O) groups is 11. The van der Waals surface area contributed by atoms with Crippen molar-refractivity contribution in [3.05, 3.63) is 137 Å². The number of rotatable bonds is 19. The van der Waals surface area contributed by atoms with Crippen molar-refractivity contribution in [2.75, 3.05) is 31.6 Å². The van der Waals surface area contributed by atoms with Crippen LogP contribution in [0.2, 0.25) is 0 Å². The molecule has 1 saturated heterocycles. The zero-order chi connectivity index (χ0) is 69.8. The van der Waals surface area contributed by atoms with Gasteiger partial charge in [0, 0.05) is 48.3 Å². The van der Waals surface area contributed by atoms with Crippen LogP contribution in [0.25, 0.3) is 0 Å². The predicted octanol–water partition coefficient (Wildman–Crippen LogP) is 0.749. The van der Waals surface area contributed by atoms with E-state index in [-0.39, 0.29) is 87.7 Å². The number of hydrogen-bond acceptors (Lipinski definition) is 14. The fraction of sp³-hybridized carbons (Fsp3) is 0.449. The second-order valence-electron chi connectivity index (χ2n) is 24.4. The summed E-state index contributed by atoms with van der Waals surface area (Å²) in [5.41, 5.74) is 19.4. The van der Waals surface area contributed by atoms with Gasteiger partial charge in [-0.15, -0.1) is 0 Å². The Hall–Kier alpha value is -10.2. The first-order valence-electron chi connectivity index (χ1n) is 32.4. The molecule has 0 spiro atoms. The van der Waals surface area contributed by atoms with E-state index in [9.17, 15) is 63.0 Å². The number of aliphatic hydroxyl groups excluding tert-OH is 1. The van der Waals surface area contributed by atoms with E-state index in [4.69, 9.17) is 17.2 Å². The number of carboxylic acids is 1. The molecule has 0 saturated carbocycles. The molecule has 0 radical (unpaired) electrons. The van der Waals surface area contributed by atoms with E-state index in [2.05, 4.69) is 64.7 Å². The minimum Gasteiger partial charge on any atom is -0.481 e. The summed E-state index contributed by atoms with van der Waals surface area (Å²) in [6, 6.07) is 17.1. The SMILES string of the molecule is CC[C@H](C)[C@@H]1NC(=O)[C@H](Cc2ccccc2)NC(=O)[C@H](CC(C)C)NC(=O)[C@H](CC(=O)O)NC(=O)[C@H](Cc2ccccc2)NC(=O)[C@@H]2CCCN2C(=O)c2cccc(c2)C#Cc2cccc(c2)NC(=O)[C@H](CO)NC(=O)[C@H](CCCCN)NC(=O)[C@H](CCCN=C(N)N)NC1=O. The van der Waals surface area contributed by atoms with Gasteiger partial charge in [-0.1, -0.05) is 119 Å². The lowest BCUT2D eigenvalue weighted by Gasteiger charge is -2.30. The Bertz CT molecular complexity index is 3470. The number of unbranched alkanes of at least 4 members (excludes halogenated alkanes) is 1. The van der Waals surface area contributed by atoms with Gasteiger partial charge in [-0.2, -0.15) is 0 Å². The minimum absolute atomic E-state index is 0.00773. The standard InChI is InChI=1S/C69H90N14O13/c1-5-42(4)58-67(95)76-50(27-16-32-73-69(71)72)59(87)75-49(26-12-13-31-70)60(88)81-55(40-84)65(93)74-48-25-15-23-46(36-48)30-29-45-22-14-24-47(35-45)68(96)83-33-17-28-56(83)66(94)80-52(37-43-18-8-6-9-19-43)62(90)79-54(39-57(85)86)63(91)77-51(34-41(2)3)61(89)78-53(64(92)82-58)38-44-20-10-7-11-21-44/h6-11,14-15,18-25,35-36,41-42,49-56,58,84H,5,12-13,16-17,26-28,31-34,37-40,70H2,1-4H3,(H,74,93)(H,75,87)(H,76,95)(H,77,91)(H,78,89)(H,79,90)(H,80,94)(H,81,88)(H,82,92)(H,85,86)(H4,71,72,73)/t42-,49-,50-,51-,52-,53-,54-,55-,56-,58-/m0/s1. The van der Waals surface area contributed by atoms with Crippen LogP contribution >= 0.6 is 0 Å². The van der Waals surface area contributed by atoms with Crippen molar-refractivity contribution in [1.29, 1.82) is 0 Å². The molecule has 10 atom stereocenters. The molecule has 6 rings (SSSR count). The second kappa shape index (κ2) is 37.6. The summed E-state index contributed by atoms with van der Waals surface area (Å²) in [5.74, 6) is -4.94. The van der Waals surface area contributed by atoms with Crippen LogP contribution in [-0.2, 0) is 60.8 Å². The molecule has 4 aromatic rings. The van der Waals surface area contributed by atoms with E-state index < -0.39 is 138 Å². The number of nitrogens with two attached hydrogens (primary N) is 3. The zero-order valence-corrected chi connectivity index (χ0v) is 54.6. The number of aliphatic hydroxyl groups is 1. The predicted molar refractivity (Wildman–Crippen MR) is 358 cm³/mol. The van der Waals surface area contributed by atoms with E-state index in [1.54, 1.807) is 137 Å². The van der Waals surface area contributed by atoms with Crippen LogP contribution in [0.1, 0.15) is 125 Å². The molecule has 10 amide bonds. The molecule has 4 aromatic carbocycles. The van der Waals surface area contributed by atoms with E-state index in [1.807, 2.05) is 0 Å². The van der Waals surface area contributed by atoms with Crippen molar-refractivity contribution < 1.29 is 63.0 Å². The smallest absolute Gasteiger partial charge is 0.305 e. The Morgan fingerprint density at radius 1 is 0.583 bits per heavy atom. The first-order valence-corrected chi connectivity index (χ1v) is 32.4. The van der Waals surface area contributed by atoms with Crippen LogP contribution in [-0.4, -0.2) is 167 Å². The van der Waals surface area contributed by atoms with Crippen molar-refractivity contribution in [3.63, 3.8) is 0 Å². The summed E-state index contributed by atoms with van der Waals surface area (Å²) in [4.78, 5) is 163. The molecule has 0 aliphatic carbocycles. The van der Waals surface area contributed by atoms with Crippen LogP contribution in [0, 0.1) is 23.7 Å². The summed E-state index contributed by atoms with van der Waals surface area (Å²) in [6.07, 6.45) is 0.449. The van der Waals surface area contributed by atoms with Crippen LogP contribution < -0.4 is 65.1 Å². The highest BCUT2D eigenvalue weighted by molar-refractivity contribution is 6.02. The number of nitrogens with one attached hydrogen (secondary N) is 9. The lowest BCUT2D eigenvalue weighted by Crippen LogP contribution is -2.61. The maximum absolute atomic E-state index is 14.9.